The molecule has 0 radical (unpaired) electrons. The van der Waals surface area contributed by atoms with Crippen LogP contribution in [0.15, 0.2) is 0 Å². The van der Waals surface area contributed by atoms with Gasteiger partial charge in [0.1, 0.15) is 0 Å². The maximum Gasteiger partial charge on any atom is 0.322 e. The van der Waals surface area contributed by atoms with Crippen molar-refractivity contribution in [1.29, 1.82) is 0 Å². The van der Waals surface area contributed by atoms with Crippen LogP contribution < -0.4 is 4.72 Å². The van der Waals surface area contributed by atoms with Crippen LogP contribution >= 0.6 is 0 Å². The van der Waals surface area contributed by atoms with Gasteiger partial charge in [0.05, 0.1) is 12.7 Å². The van der Waals surface area contributed by atoms with Crippen LogP contribution in [0, 0.1) is 0 Å². The summed E-state index contributed by atoms with van der Waals surface area (Å²) >= 11 is 0. The number of carbonyl (C=O) groups excluding carboxylic acids is 1. The summed E-state index contributed by atoms with van der Waals surface area (Å²) in [5.41, 5.74) is 0. The fraction of sp³-hybridized carbons (Fsp3) is 0.889. The lowest BCUT2D eigenvalue weighted by Gasteiger charge is -2.09. The molecule has 0 bridgehead atoms. The van der Waals surface area contributed by atoms with Gasteiger partial charge in [-0.3, -0.25) is 4.79 Å². The molecule has 0 heterocycles. The van der Waals surface area contributed by atoms with E-state index in [1.807, 2.05) is 0 Å². The first-order valence-electron chi connectivity index (χ1n) is 5.22. The van der Waals surface area contributed by atoms with E-state index in [-0.39, 0.29) is 13.2 Å². The molecular formula is C9H19NO5S. The number of rotatable bonds is 8. The number of esters is 1. The molecule has 2 N–H and O–H groups in total. The Labute approximate surface area is 96.0 Å². The minimum atomic E-state index is -3.64. The number of carbonyl (C=O) groups is 1. The zero-order chi connectivity index (χ0) is 12.6. The molecule has 7 heteroatoms. The summed E-state index contributed by atoms with van der Waals surface area (Å²) < 4.78 is 29.3. The van der Waals surface area contributed by atoms with E-state index in [0.717, 1.165) is 0 Å². The molecule has 0 aliphatic carbocycles. The Kier molecular flexibility index (Phi) is 7.27. The molecule has 0 saturated carbocycles. The summed E-state index contributed by atoms with van der Waals surface area (Å²) in [7, 11) is -3.64. The normalized spacial score (nSPS) is 13.4. The highest BCUT2D eigenvalue weighted by molar-refractivity contribution is 7.90. The van der Waals surface area contributed by atoms with Gasteiger partial charge in [0.25, 0.3) is 0 Å². The molecule has 0 aliphatic rings. The highest BCUT2D eigenvalue weighted by atomic mass is 32.2. The van der Waals surface area contributed by atoms with Crippen molar-refractivity contribution in [2.75, 3.05) is 18.9 Å². The van der Waals surface area contributed by atoms with E-state index in [2.05, 4.69) is 9.46 Å². The van der Waals surface area contributed by atoms with E-state index < -0.39 is 27.8 Å². The standard InChI is InChI=1S/C9H19NO5S/c1-3-8(11)5-6-10-16(13,14)7-9(12)15-4-2/h8,10-11H,3-7H2,1-2H3. The molecule has 0 rings (SSSR count). The maximum atomic E-state index is 11.3. The summed E-state index contributed by atoms with van der Waals surface area (Å²) in [6.07, 6.45) is 0.378. The Bertz CT molecular complexity index is 301. The van der Waals surface area contributed by atoms with Crippen molar-refractivity contribution in [3.63, 3.8) is 0 Å². The Morgan fingerprint density at radius 3 is 2.56 bits per heavy atom. The molecule has 96 valence electrons. The summed E-state index contributed by atoms with van der Waals surface area (Å²) in [5.74, 6) is -1.45. The quantitative estimate of drug-likeness (QED) is 0.576. The number of ether oxygens (including phenoxy) is 1. The molecule has 0 saturated heterocycles. The van der Waals surface area contributed by atoms with Crippen LogP contribution in [0.25, 0.3) is 0 Å². The third-order valence-corrected chi connectivity index (χ3v) is 3.14. The monoisotopic (exact) mass is 253 g/mol. The predicted octanol–water partition coefficient (Wildman–Crippen LogP) is -0.370. The smallest absolute Gasteiger partial charge is 0.322 e. The molecule has 1 unspecified atom stereocenters. The van der Waals surface area contributed by atoms with Gasteiger partial charge in [-0.2, -0.15) is 0 Å². The van der Waals surface area contributed by atoms with Crippen molar-refractivity contribution in [3.05, 3.63) is 0 Å². The van der Waals surface area contributed by atoms with E-state index in [9.17, 15) is 18.3 Å². The second-order valence-electron chi connectivity index (χ2n) is 3.31. The van der Waals surface area contributed by atoms with Crippen LogP contribution in [0.3, 0.4) is 0 Å². The van der Waals surface area contributed by atoms with Crippen LogP contribution in [0.2, 0.25) is 0 Å². The molecule has 0 aromatic heterocycles. The largest absolute Gasteiger partial charge is 0.465 e. The molecule has 0 aromatic rings. The molecular weight excluding hydrogens is 234 g/mol. The summed E-state index contributed by atoms with van der Waals surface area (Å²) in [5, 5.41) is 9.19. The van der Waals surface area contributed by atoms with Gasteiger partial charge in [0, 0.05) is 6.54 Å². The average Bonchev–Trinajstić information content (AvgIpc) is 2.16. The third-order valence-electron chi connectivity index (χ3n) is 1.88. The minimum absolute atomic E-state index is 0.122. The molecule has 0 fully saturated rings. The fourth-order valence-electron chi connectivity index (χ4n) is 0.994. The van der Waals surface area contributed by atoms with Crippen LogP contribution in [0.1, 0.15) is 26.7 Å². The first-order chi connectivity index (χ1) is 7.41. The van der Waals surface area contributed by atoms with Crippen LogP contribution in [0.5, 0.6) is 0 Å². The van der Waals surface area contributed by atoms with E-state index in [1.165, 1.54) is 0 Å². The topological polar surface area (TPSA) is 92.7 Å². The van der Waals surface area contributed by atoms with E-state index >= 15 is 0 Å². The van der Waals surface area contributed by atoms with Gasteiger partial charge in [-0.15, -0.1) is 0 Å². The lowest BCUT2D eigenvalue weighted by Crippen LogP contribution is -2.32. The molecule has 6 nitrogen and oxygen atoms in total. The van der Waals surface area contributed by atoms with E-state index in [0.29, 0.717) is 12.8 Å². The Hall–Kier alpha value is -0.660. The van der Waals surface area contributed by atoms with Gasteiger partial charge in [-0.25, -0.2) is 13.1 Å². The lowest BCUT2D eigenvalue weighted by atomic mass is 10.2. The molecule has 0 aromatic carbocycles. The van der Waals surface area contributed by atoms with Crippen LogP contribution in [-0.2, 0) is 19.6 Å². The molecule has 0 spiro atoms. The summed E-state index contributed by atoms with van der Waals surface area (Å²) in [6, 6.07) is 0. The Balaban J connectivity index is 3.92. The minimum Gasteiger partial charge on any atom is -0.465 e. The lowest BCUT2D eigenvalue weighted by molar-refractivity contribution is -0.139. The van der Waals surface area contributed by atoms with E-state index in [4.69, 9.17) is 0 Å². The zero-order valence-electron chi connectivity index (χ0n) is 9.60. The van der Waals surface area contributed by atoms with Crippen molar-refractivity contribution < 1.29 is 23.1 Å². The highest BCUT2D eigenvalue weighted by Crippen LogP contribution is 1.96. The van der Waals surface area contributed by atoms with Crippen LogP contribution in [-0.4, -0.2) is 44.5 Å². The van der Waals surface area contributed by atoms with Gasteiger partial charge in [-0.1, -0.05) is 6.92 Å². The number of hydrogen-bond acceptors (Lipinski definition) is 5. The second kappa shape index (κ2) is 7.59. The van der Waals surface area contributed by atoms with Gasteiger partial charge >= 0.3 is 5.97 Å². The third kappa shape index (κ3) is 7.61. The van der Waals surface area contributed by atoms with Gasteiger partial charge in [0.15, 0.2) is 5.75 Å². The first-order valence-corrected chi connectivity index (χ1v) is 6.87. The predicted molar refractivity (Wildman–Crippen MR) is 59.3 cm³/mol. The van der Waals surface area contributed by atoms with E-state index in [1.54, 1.807) is 13.8 Å². The SMILES string of the molecule is CCOC(=O)CS(=O)(=O)NCCC(O)CC. The average molecular weight is 253 g/mol. The van der Waals surface area contributed by atoms with Crippen molar-refractivity contribution in [2.45, 2.75) is 32.8 Å². The number of nitrogens with one attached hydrogen (secondary N) is 1. The van der Waals surface area contributed by atoms with Gasteiger partial charge in [0.2, 0.25) is 10.0 Å². The molecule has 16 heavy (non-hydrogen) atoms. The first kappa shape index (κ1) is 15.3. The number of hydrogen-bond donors (Lipinski definition) is 2. The zero-order valence-corrected chi connectivity index (χ0v) is 10.4. The number of sulfonamides is 1. The van der Waals surface area contributed by atoms with Crippen molar-refractivity contribution in [1.82, 2.24) is 4.72 Å². The number of aliphatic hydroxyl groups is 1. The molecule has 0 amide bonds. The fourth-order valence-corrected chi connectivity index (χ4v) is 1.92. The Morgan fingerprint density at radius 1 is 1.44 bits per heavy atom. The summed E-state index contributed by atoms with van der Waals surface area (Å²) in [6.45, 7) is 3.69. The molecule has 1 atom stereocenters. The van der Waals surface area contributed by atoms with Gasteiger partial charge < -0.3 is 9.84 Å². The maximum absolute atomic E-state index is 11.3. The Morgan fingerprint density at radius 2 is 2.06 bits per heavy atom. The van der Waals surface area contributed by atoms with Crippen molar-refractivity contribution in [3.8, 4) is 0 Å². The summed E-state index contributed by atoms with van der Waals surface area (Å²) in [4.78, 5) is 10.9. The number of aliphatic hydroxyl groups excluding tert-OH is 1. The van der Waals surface area contributed by atoms with Crippen LogP contribution in [0.4, 0.5) is 0 Å². The van der Waals surface area contributed by atoms with Gasteiger partial charge in [-0.05, 0) is 19.8 Å². The second-order valence-corrected chi connectivity index (χ2v) is 5.12. The van der Waals surface area contributed by atoms with Crippen molar-refractivity contribution >= 4 is 16.0 Å². The highest BCUT2D eigenvalue weighted by Gasteiger charge is 2.16. The van der Waals surface area contributed by atoms with Crippen molar-refractivity contribution in [2.24, 2.45) is 0 Å². The molecule has 0 aliphatic heterocycles.